The lowest BCUT2D eigenvalue weighted by Crippen LogP contribution is -2.27. The van der Waals surface area contributed by atoms with Crippen molar-refractivity contribution in [3.63, 3.8) is 0 Å². The number of carbonyl (C=O) groups is 2. The van der Waals surface area contributed by atoms with Crippen LogP contribution in [-0.2, 0) is 9.59 Å². The molecule has 13 heavy (non-hydrogen) atoms. The lowest BCUT2D eigenvalue weighted by atomic mass is 9.87. The highest BCUT2D eigenvalue weighted by molar-refractivity contribution is 5.99. The molecule has 0 aromatic rings. The summed E-state index contributed by atoms with van der Waals surface area (Å²) in [5.41, 5.74) is 0. The van der Waals surface area contributed by atoms with Crippen LogP contribution in [0.25, 0.3) is 0 Å². The van der Waals surface area contributed by atoms with E-state index in [-0.39, 0.29) is 17.9 Å². The van der Waals surface area contributed by atoms with Crippen LogP contribution >= 0.6 is 0 Å². The molecule has 3 unspecified atom stereocenters. The Morgan fingerprint density at radius 1 is 1.62 bits per heavy atom. The zero-order chi connectivity index (χ0) is 10.0. The smallest absolute Gasteiger partial charge is 0.316 e. The first kappa shape index (κ1) is 10.0. The van der Waals surface area contributed by atoms with Gasteiger partial charge in [-0.15, -0.1) is 0 Å². The fourth-order valence-corrected chi connectivity index (χ4v) is 1.95. The van der Waals surface area contributed by atoms with Gasteiger partial charge < -0.3 is 10.4 Å². The number of hydrogen-bond donors (Lipinski definition) is 2. The van der Waals surface area contributed by atoms with Crippen LogP contribution in [0.2, 0.25) is 0 Å². The van der Waals surface area contributed by atoms with Crippen molar-refractivity contribution in [2.24, 2.45) is 11.8 Å². The monoisotopic (exact) mass is 185 g/mol. The van der Waals surface area contributed by atoms with Crippen molar-refractivity contribution < 1.29 is 14.7 Å². The van der Waals surface area contributed by atoms with E-state index >= 15 is 0 Å². The Morgan fingerprint density at radius 2 is 2.23 bits per heavy atom. The fraction of sp³-hybridized carbons (Fsp3) is 0.778. The maximum absolute atomic E-state index is 11.2. The molecule has 1 saturated heterocycles. The minimum absolute atomic E-state index is 0.00597. The molecule has 0 radical (unpaired) electrons. The molecule has 1 amide bonds. The minimum atomic E-state index is -1.000. The Kier molecular flexibility index (Phi) is 2.90. The molecule has 0 aliphatic carbocycles. The van der Waals surface area contributed by atoms with Crippen molar-refractivity contribution in [3.05, 3.63) is 0 Å². The summed E-state index contributed by atoms with van der Waals surface area (Å²) >= 11 is 0. The predicted molar refractivity (Wildman–Crippen MR) is 47.1 cm³/mol. The second kappa shape index (κ2) is 3.77. The number of carboxylic acid groups (broad SMARTS) is 1. The largest absolute Gasteiger partial charge is 0.481 e. The third-order valence-corrected chi connectivity index (χ3v) is 2.61. The zero-order valence-corrected chi connectivity index (χ0v) is 7.91. The molecule has 1 heterocycles. The molecule has 4 heteroatoms. The van der Waals surface area contributed by atoms with Crippen LogP contribution in [0, 0.1) is 11.8 Å². The van der Waals surface area contributed by atoms with E-state index in [1.54, 1.807) is 0 Å². The van der Waals surface area contributed by atoms with Gasteiger partial charge in [0.25, 0.3) is 0 Å². The maximum atomic E-state index is 11.2. The van der Waals surface area contributed by atoms with E-state index in [9.17, 15) is 9.59 Å². The molecule has 0 saturated carbocycles. The summed E-state index contributed by atoms with van der Waals surface area (Å²) in [6.07, 6.45) is 1.70. The summed E-state index contributed by atoms with van der Waals surface area (Å²) in [6.45, 7) is 3.86. The van der Waals surface area contributed by atoms with E-state index in [0.717, 1.165) is 12.8 Å². The third-order valence-electron chi connectivity index (χ3n) is 2.61. The summed E-state index contributed by atoms with van der Waals surface area (Å²) in [4.78, 5) is 22.0. The number of aliphatic carboxylic acids is 1. The fourth-order valence-electron chi connectivity index (χ4n) is 1.95. The summed E-state index contributed by atoms with van der Waals surface area (Å²) < 4.78 is 0. The van der Waals surface area contributed by atoms with Crippen molar-refractivity contribution in [2.45, 2.75) is 32.7 Å². The van der Waals surface area contributed by atoms with Gasteiger partial charge >= 0.3 is 5.97 Å². The summed E-state index contributed by atoms with van der Waals surface area (Å²) in [7, 11) is 0. The molecule has 2 N–H and O–H groups in total. The summed E-state index contributed by atoms with van der Waals surface area (Å²) in [5.74, 6) is -2.22. The first-order valence-corrected chi connectivity index (χ1v) is 4.61. The normalized spacial score (nSPS) is 33.1. The van der Waals surface area contributed by atoms with Crippen LogP contribution < -0.4 is 5.32 Å². The molecule has 1 rings (SSSR count). The second-order valence-corrected chi connectivity index (χ2v) is 3.57. The molecule has 3 atom stereocenters. The Labute approximate surface area is 77.3 Å². The predicted octanol–water partition coefficient (Wildman–Crippen LogP) is 0.622. The first-order valence-electron chi connectivity index (χ1n) is 4.61. The molecule has 0 bridgehead atoms. The van der Waals surface area contributed by atoms with Crippen molar-refractivity contribution >= 4 is 11.9 Å². The van der Waals surface area contributed by atoms with Gasteiger partial charge in [-0.05, 0) is 13.3 Å². The van der Waals surface area contributed by atoms with Crippen LogP contribution in [0.5, 0.6) is 0 Å². The lowest BCUT2D eigenvalue weighted by molar-refractivity contribution is -0.146. The van der Waals surface area contributed by atoms with E-state index in [0.29, 0.717) is 0 Å². The molecule has 0 aromatic carbocycles. The van der Waals surface area contributed by atoms with Crippen LogP contribution in [0.3, 0.4) is 0 Å². The van der Waals surface area contributed by atoms with E-state index in [4.69, 9.17) is 5.11 Å². The number of amides is 1. The van der Waals surface area contributed by atoms with Crippen LogP contribution in [0.4, 0.5) is 0 Å². The quantitative estimate of drug-likeness (QED) is 0.633. The van der Waals surface area contributed by atoms with Gasteiger partial charge in [0.1, 0.15) is 5.92 Å². The Balaban J connectivity index is 2.77. The average molecular weight is 185 g/mol. The molecule has 1 aliphatic rings. The van der Waals surface area contributed by atoms with E-state index < -0.39 is 11.9 Å². The SMILES string of the molecule is CCCC1C(C)NC(=O)C1C(=O)O. The van der Waals surface area contributed by atoms with Crippen molar-refractivity contribution in [1.82, 2.24) is 5.32 Å². The highest BCUT2D eigenvalue weighted by Crippen LogP contribution is 2.27. The van der Waals surface area contributed by atoms with Crippen molar-refractivity contribution in [1.29, 1.82) is 0 Å². The zero-order valence-electron chi connectivity index (χ0n) is 7.91. The molecular weight excluding hydrogens is 170 g/mol. The summed E-state index contributed by atoms with van der Waals surface area (Å²) in [6, 6.07) is -0.00597. The van der Waals surface area contributed by atoms with Gasteiger partial charge in [-0.1, -0.05) is 13.3 Å². The highest BCUT2D eigenvalue weighted by atomic mass is 16.4. The van der Waals surface area contributed by atoms with E-state index in [2.05, 4.69) is 5.32 Å². The molecule has 1 aliphatic heterocycles. The third kappa shape index (κ3) is 1.82. The van der Waals surface area contributed by atoms with Crippen LogP contribution in [-0.4, -0.2) is 23.0 Å². The van der Waals surface area contributed by atoms with Crippen LogP contribution in [0.15, 0.2) is 0 Å². The average Bonchev–Trinajstić information content (AvgIpc) is 2.27. The van der Waals surface area contributed by atoms with Gasteiger partial charge in [-0.25, -0.2) is 0 Å². The molecule has 74 valence electrons. The molecule has 0 aromatic heterocycles. The highest BCUT2D eigenvalue weighted by Gasteiger charge is 2.43. The number of nitrogens with one attached hydrogen (secondary N) is 1. The van der Waals surface area contributed by atoms with E-state index in [1.807, 2.05) is 13.8 Å². The minimum Gasteiger partial charge on any atom is -0.481 e. The van der Waals surface area contributed by atoms with Crippen LogP contribution in [0.1, 0.15) is 26.7 Å². The Hall–Kier alpha value is -1.06. The standard InChI is InChI=1S/C9H15NO3/c1-3-4-6-5(2)10-8(11)7(6)9(12)13/h5-7H,3-4H2,1-2H3,(H,10,11)(H,12,13). The number of carboxylic acids is 1. The molecule has 4 nitrogen and oxygen atoms in total. The van der Waals surface area contributed by atoms with Crippen molar-refractivity contribution in [3.8, 4) is 0 Å². The van der Waals surface area contributed by atoms with Gasteiger partial charge in [0, 0.05) is 12.0 Å². The lowest BCUT2D eigenvalue weighted by Gasteiger charge is -2.15. The van der Waals surface area contributed by atoms with Gasteiger partial charge in [-0.2, -0.15) is 0 Å². The van der Waals surface area contributed by atoms with E-state index in [1.165, 1.54) is 0 Å². The first-order chi connectivity index (χ1) is 6.07. The van der Waals surface area contributed by atoms with Gasteiger partial charge in [0.05, 0.1) is 0 Å². The molecular formula is C9H15NO3. The molecule has 0 spiro atoms. The topological polar surface area (TPSA) is 66.4 Å². The van der Waals surface area contributed by atoms with Crippen molar-refractivity contribution in [2.75, 3.05) is 0 Å². The van der Waals surface area contributed by atoms with Gasteiger partial charge in [0.15, 0.2) is 0 Å². The second-order valence-electron chi connectivity index (χ2n) is 3.57. The molecule has 1 fully saturated rings. The van der Waals surface area contributed by atoms with Gasteiger partial charge in [0.2, 0.25) is 5.91 Å². The number of rotatable bonds is 3. The maximum Gasteiger partial charge on any atom is 0.316 e. The summed E-state index contributed by atoms with van der Waals surface area (Å²) in [5, 5.41) is 11.5. The number of carbonyl (C=O) groups excluding carboxylic acids is 1. The van der Waals surface area contributed by atoms with Gasteiger partial charge in [-0.3, -0.25) is 9.59 Å². The Bertz CT molecular complexity index is 227. The Morgan fingerprint density at radius 3 is 2.69 bits per heavy atom. The number of hydrogen-bond acceptors (Lipinski definition) is 2.